The lowest BCUT2D eigenvalue weighted by Gasteiger charge is -2.31. The van der Waals surface area contributed by atoms with Crippen molar-refractivity contribution in [3.05, 3.63) is 65.5 Å². The molecule has 0 aliphatic carbocycles. The topological polar surface area (TPSA) is 83.9 Å². The van der Waals surface area contributed by atoms with Gasteiger partial charge in [0.25, 0.3) is 5.91 Å². The SMILES string of the molecule is COCC(=O)N(CCN1CCOCC1)CC(=O)N1N=C(c2ccc(F)cc2)CC1c1ccc(OC)cc1. The molecule has 1 unspecified atom stereocenters. The minimum absolute atomic E-state index is 0.109. The highest BCUT2D eigenvalue weighted by atomic mass is 19.1. The maximum absolute atomic E-state index is 13.6. The van der Waals surface area contributed by atoms with Gasteiger partial charge in [0, 0.05) is 39.7 Å². The molecule has 2 aliphatic heterocycles. The molecule has 0 bridgehead atoms. The highest BCUT2D eigenvalue weighted by molar-refractivity contribution is 6.03. The molecule has 37 heavy (non-hydrogen) atoms. The van der Waals surface area contributed by atoms with Gasteiger partial charge in [-0.2, -0.15) is 5.10 Å². The lowest BCUT2D eigenvalue weighted by atomic mass is 9.98. The van der Waals surface area contributed by atoms with Crippen LogP contribution in [0.5, 0.6) is 5.75 Å². The number of nitrogens with zero attached hydrogens (tertiary/aromatic N) is 4. The number of carbonyl (C=O) groups excluding carboxylic acids is 2. The number of amides is 2. The number of morpholine rings is 1. The molecule has 0 spiro atoms. The van der Waals surface area contributed by atoms with Crippen LogP contribution in [0.15, 0.2) is 53.6 Å². The van der Waals surface area contributed by atoms with Crippen molar-refractivity contribution in [1.29, 1.82) is 0 Å². The van der Waals surface area contributed by atoms with E-state index in [9.17, 15) is 14.0 Å². The number of carbonyl (C=O) groups is 2. The van der Waals surface area contributed by atoms with Crippen molar-refractivity contribution in [3.8, 4) is 5.75 Å². The van der Waals surface area contributed by atoms with E-state index in [-0.39, 0.29) is 36.8 Å². The van der Waals surface area contributed by atoms with Crippen molar-refractivity contribution >= 4 is 17.5 Å². The normalized spacial score (nSPS) is 18.0. The smallest absolute Gasteiger partial charge is 0.262 e. The molecule has 2 aliphatic rings. The average molecular weight is 513 g/mol. The zero-order chi connectivity index (χ0) is 26.2. The van der Waals surface area contributed by atoms with Gasteiger partial charge in [-0.1, -0.05) is 24.3 Å². The van der Waals surface area contributed by atoms with E-state index in [0.717, 1.165) is 24.2 Å². The first kappa shape index (κ1) is 26.7. The highest BCUT2D eigenvalue weighted by Gasteiger charge is 2.34. The summed E-state index contributed by atoms with van der Waals surface area (Å²) in [5.74, 6) is -0.190. The Hall–Kier alpha value is -3.34. The van der Waals surface area contributed by atoms with Crippen LogP contribution in [0.1, 0.15) is 23.6 Å². The molecule has 0 saturated carbocycles. The fourth-order valence-corrected chi connectivity index (χ4v) is 4.47. The monoisotopic (exact) mass is 512 g/mol. The van der Waals surface area contributed by atoms with Crippen molar-refractivity contribution in [1.82, 2.24) is 14.8 Å². The molecule has 0 N–H and O–H groups in total. The Kier molecular flexibility index (Phi) is 9.21. The van der Waals surface area contributed by atoms with E-state index in [2.05, 4.69) is 10.0 Å². The summed E-state index contributed by atoms with van der Waals surface area (Å²) in [7, 11) is 3.05. The van der Waals surface area contributed by atoms with Gasteiger partial charge in [0.05, 0.1) is 32.1 Å². The van der Waals surface area contributed by atoms with Gasteiger partial charge in [-0.05, 0) is 35.4 Å². The molecule has 2 amide bonds. The first-order chi connectivity index (χ1) is 18.0. The predicted molar refractivity (Wildman–Crippen MR) is 136 cm³/mol. The van der Waals surface area contributed by atoms with Gasteiger partial charge in [-0.3, -0.25) is 14.5 Å². The third kappa shape index (κ3) is 6.91. The molecule has 198 valence electrons. The van der Waals surface area contributed by atoms with Crippen LogP contribution in [0.25, 0.3) is 0 Å². The number of ether oxygens (including phenoxy) is 3. The molecule has 9 nitrogen and oxygen atoms in total. The second-order valence-electron chi connectivity index (χ2n) is 8.99. The molecule has 2 heterocycles. The van der Waals surface area contributed by atoms with Crippen LogP contribution in [0, 0.1) is 5.82 Å². The number of hydrogen-bond acceptors (Lipinski definition) is 7. The van der Waals surface area contributed by atoms with Crippen LogP contribution in [-0.2, 0) is 19.1 Å². The number of rotatable bonds is 10. The molecule has 10 heteroatoms. The fraction of sp³-hybridized carbons (Fsp3) is 0.444. The Labute approximate surface area is 216 Å². The van der Waals surface area contributed by atoms with Gasteiger partial charge in [0.1, 0.15) is 24.7 Å². The summed E-state index contributed by atoms with van der Waals surface area (Å²) in [6.07, 6.45) is 0.462. The zero-order valence-corrected chi connectivity index (χ0v) is 21.3. The molecule has 2 aromatic carbocycles. The van der Waals surface area contributed by atoms with Crippen LogP contribution < -0.4 is 4.74 Å². The van der Waals surface area contributed by atoms with E-state index in [1.54, 1.807) is 19.2 Å². The van der Waals surface area contributed by atoms with Crippen LogP contribution in [0.4, 0.5) is 4.39 Å². The lowest BCUT2D eigenvalue weighted by Crippen LogP contribution is -2.47. The Bertz CT molecular complexity index is 1090. The number of halogens is 1. The Morgan fingerprint density at radius 2 is 1.78 bits per heavy atom. The minimum Gasteiger partial charge on any atom is -0.497 e. The summed E-state index contributed by atoms with van der Waals surface area (Å²) in [6.45, 7) is 3.68. The van der Waals surface area contributed by atoms with Gasteiger partial charge in [-0.15, -0.1) is 0 Å². The number of hydrogen-bond donors (Lipinski definition) is 0. The molecular weight excluding hydrogens is 479 g/mol. The van der Waals surface area contributed by atoms with Crippen molar-refractivity contribution in [2.75, 3.05) is 66.8 Å². The standard InChI is InChI=1S/C27H33FN4O5/c1-35-19-27(34)31(12-11-30-13-15-37-16-14-30)18-26(33)32-25(21-5-9-23(36-2)10-6-21)17-24(29-32)20-3-7-22(28)8-4-20/h3-10,25H,11-19H2,1-2H3. The summed E-state index contributed by atoms with van der Waals surface area (Å²) in [4.78, 5) is 30.2. The quantitative estimate of drug-likeness (QED) is 0.486. The molecule has 1 fully saturated rings. The largest absolute Gasteiger partial charge is 0.497 e. The maximum atomic E-state index is 13.6. The van der Waals surface area contributed by atoms with Crippen LogP contribution in [0.3, 0.4) is 0 Å². The number of methoxy groups -OCH3 is 2. The summed E-state index contributed by atoms with van der Waals surface area (Å²) in [5, 5.41) is 6.09. The third-order valence-corrected chi connectivity index (χ3v) is 6.58. The second-order valence-corrected chi connectivity index (χ2v) is 8.99. The van der Waals surface area contributed by atoms with Gasteiger partial charge in [0.2, 0.25) is 5.91 Å². The van der Waals surface area contributed by atoms with Crippen LogP contribution in [0.2, 0.25) is 0 Å². The van der Waals surface area contributed by atoms with Gasteiger partial charge >= 0.3 is 0 Å². The molecule has 0 radical (unpaired) electrons. The first-order valence-electron chi connectivity index (χ1n) is 12.3. The zero-order valence-electron chi connectivity index (χ0n) is 21.3. The van der Waals surface area contributed by atoms with Gasteiger partial charge in [0.15, 0.2) is 0 Å². The Balaban J connectivity index is 1.55. The summed E-state index contributed by atoms with van der Waals surface area (Å²) in [6, 6.07) is 13.2. The van der Waals surface area contributed by atoms with Gasteiger partial charge in [-0.25, -0.2) is 9.40 Å². The van der Waals surface area contributed by atoms with Gasteiger partial charge < -0.3 is 19.1 Å². The van der Waals surface area contributed by atoms with E-state index < -0.39 is 0 Å². The highest BCUT2D eigenvalue weighted by Crippen LogP contribution is 2.33. The van der Waals surface area contributed by atoms with E-state index in [0.29, 0.717) is 44.2 Å². The molecular formula is C27H33FN4O5. The van der Waals surface area contributed by atoms with Crippen molar-refractivity contribution in [2.45, 2.75) is 12.5 Å². The molecule has 1 atom stereocenters. The van der Waals surface area contributed by atoms with E-state index in [1.165, 1.54) is 29.2 Å². The van der Waals surface area contributed by atoms with E-state index >= 15 is 0 Å². The maximum Gasteiger partial charge on any atom is 0.262 e. The number of benzene rings is 2. The predicted octanol–water partition coefficient (Wildman–Crippen LogP) is 2.32. The van der Waals surface area contributed by atoms with Crippen molar-refractivity contribution in [3.63, 3.8) is 0 Å². The first-order valence-corrected chi connectivity index (χ1v) is 12.3. The number of hydrazone groups is 1. The summed E-state index contributed by atoms with van der Waals surface area (Å²) >= 11 is 0. The lowest BCUT2D eigenvalue weighted by molar-refractivity contribution is -0.143. The van der Waals surface area contributed by atoms with E-state index in [1.807, 2.05) is 24.3 Å². The van der Waals surface area contributed by atoms with E-state index in [4.69, 9.17) is 14.2 Å². The minimum atomic E-state index is -0.364. The molecule has 1 saturated heterocycles. The Morgan fingerprint density at radius 3 is 2.43 bits per heavy atom. The summed E-state index contributed by atoms with van der Waals surface area (Å²) in [5.41, 5.74) is 2.31. The van der Waals surface area contributed by atoms with Crippen molar-refractivity contribution < 1.29 is 28.2 Å². The fourth-order valence-electron chi connectivity index (χ4n) is 4.47. The second kappa shape index (κ2) is 12.8. The van der Waals surface area contributed by atoms with Crippen LogP contribution in [-0.4, -0.2) is 99.1 Å². The molecule has 2 aromatic rings. The van der Waals surface area contributed by atoms with Crippen LogP contribution >= 0.6 is 0 Å². The molecule has 4 rings (SSSR count). The third-order valence-electron chi connectivity index (χ3n) is 6.58. The average Bonchev–Trinajstić information content (AvgIpc) is 3.38. The Morgan fingerprint density at radius 1 is 1.08 bits per heavy atom. The molecule has 0 aromatic heterocycles. The summed E-state index contributed by atoms with van der Waals surface area (Å²) < 4.78 is 29.2. The van der Waals surface area contributed by atoms with Crippen molar-refractivity contribution in [2.24, 2.45) is 5.10 Å².